The van der Waals surface area contributed by atoms with E-state index < -0.39 is 17.6 Å². The summed E-state index contributed by atoms with van der Waals surface area (Å²) in [6.07, 6.45) is 5.43. The Kier molecular flexibility index (Phi) is 15.9. The number of nitrogens with one attached hydrogen (secondary N) is 1. The van der Waals surface area contributed by atoms with Crippen LogP contribution in [0.25, 0.3) is 0 Å². The van der Waals surface area contributed by atoms with Gasteiger partial charge in [-0.05, 0) is 19.4 Å². The molecule has 1 aromatic carbocycles. The topological polar surface area (TPSA) is 102 Å². The number of amidine groups is 1. The number of aliphatic hydroxyl groups excluding tert-OH is 1. The highest BCUT2D eigenvalue weighted by molar-refractivity contribution is 6.18. The maximum absolute atomic E-state index is 12.3. The lowest BCUT2D eigenvalue weighted by molar-refractivity contribution is -0.144. The van der Waals surface area contributed by atoms with Crippen molar-refractivity contribution in [2.75, 3.05) is 7.05 Å². The molecule has 0 spiro atoms. The zero-order valence-corrected chi connectivity index (χ0v) is 18.9. The maximum atomic E-state index is 12.3. The molecule has 0 aromatic heterocycles. The number of hydrogen-bond acceptors (Lipinski definition) is 5. The average molecular weight is 416 g/mol. The second-order valence-electron chi connectivity index (χ2n) is 5.18. The van der Waals surface area contributed by atoms with Crippen molar-refractivity contribution >= 4 is 17.6 Å². The molecule has 0 saturated heterocycles. The highest BCUT2D eigenvalue weighted by Gasteiger charge is 2.31. The van der Waals surface area contributed by atoms with Crippen molar-refractivity contribution in [1.82, 2.24) is 10.4 Å². The molecule has 1 heterocycles. The highest BCUT2D eigenvalue weighted by atomic mass is 16.5. The number of amides is 2. The zero-order valence-electron chi connectivity index (χ0n) is 18.9. The summed E-state index contributed by atoms with van der Waals surface area (Å²) in [7, 11) is 1.35. The first-order valence-electron chi connectivity index (χ1n) is 9.68. The first kappa shape index (κ1) is 28.8. The van der Waals surface area contributed by atoms with Gasteiger partial charge < -0.3 is 10.4 Å². The molecule has 0 saturated carbocycles. The van der Waals surface area contributed by atoms with Crippen molar-refractivity contribution in [3.63, 3.8) is 0 Å². The van der Waals surface area contributed by atoms with Crippen LogP contribution in [0.5, 0.6) is 0 Å². The van der Waals surface area contributed by atoms with E-state index in [-0.39, 0.29) is 17.0 Å². The van der Waals surface area contributed by atoms with E-state index in [2.05, 4.69) is 22.7 Å². The van der Waals surface area contributed by atoms with Gasteiger partial charge in [0, 0.05) is 25.2 Å². The van der Waals surface area contributed by atoms with E-state index in [0.29, 0.717) is 11.6 Å². The number of benzene rings is 1. The molecular weight excluding hydrogens is 382 g/mol. The molecule has 7 heteroatoms. The van der Waals surface area contributed by atoms with Gasteiger partial charge in [-0.3, -0.25) is 19.8 Å². The quantitative estimate of drug-likeness (QED) is 0.394. The summed E-state index contributed by atoms with van der Waals surface area (Å²) in [6, 6.07) is 9.33. The van der Waals surface area contributed by atoms with Crippen LogP contribution in [0.1, 0.15) is 47.1 Å². The van der Waals surface area contributed by atoms with Crippen LogP contribution in [0.3, 0.4) is 0 Å². The van der Waals surface area contributed by atoms with Gasteiger partial charge in [0.1, 0.15) is 5.76 Å². The van der Waals surface area contributed by atoms with Crippen LogP contribution in [0.4, 0.5) is 0 Å². The van der Waals surface area contributed by atoms with Gasteiger partial charge in [-0.15, -0.1) is 12.3 Å². The second kappa shape index (κ2) is 16.6. The summed E-state index contributed by atoms with van der Waals surface area (Å²) in [4.78, 5) is 27.5. The first-order valence-corrected chi connectivity index (χ1v) is 9.68. The minimum absolute atomic E-state index is 0.0140. The Bertz CT molecular complexity index is 803. The fourth-order valence-electron chi connectivity index (χ4n) is 2.17. The summed E-state index contributed by atoms with van der Waals surface area (Å²) in [5.74, 6) is 0.396. The third-order valence-electron chi connectivity index (χ3n) is 3.37. The molecule has 0 bridgehead atoms. The molecule has 1 aliphatic rings. The molecule has 30 heavy (non-hydrogen) atoms. The molecule has 164 valence electrons. The summed E-state index contributed by atoms with van der Waals surface area (Å²) in [6.45, 7) is 11.4. The third-order valence-corrected chi connectivity index (χ3v) is 3.37. The van der Waals surface area contributed by atoms with Crippen molar-refractivity contribution in [1.29, 1.82) is 0 Å². The van der Waals surface area contributed by atoms with Gasteiger partial charge >= 0.3 is 0 Å². The average Bonchev–Trinajstić information content (AvgIpc) is 2.78. The number of terminal acetylenes is 1. The maximum Gasteiger partial charge on any atom is 0.279 e. The molecule has 7 nitrogen and oxygen atoms in total. The summed E-state index contributed by atoms with van der Waals surface area (Å²) in [5.41, 5.74) is 1.08. The van der Waals surface area contributed by atoms with Crippen LogP contribution >= 0.6 is 0 Å². The number of rotatable bonds is 3. The molecular formula is C23H33N3O4. The highest BCUT2D eigenvalue weighted by Crippen LogP contribution is 2.21. The summed E-state index contributed by atoms with van der Waals surface area (Å²) in [5, 5.41) is 22.6. The number of carbonyl (C=O) groups is 2. The van der Waals surface area contributed by atoms with E-state index in [1.807, 2.05) is 58.0 Å². The van der Waals surface area contributed by atoms with Crippen molar-refractivity contribution in [2.24, 2.45) is 4.99 Å². The van der Waals surface area contributed by atoms with E-state index in [1.54, 1.807) is 6.92 Å². The van der Waals surface area contributed by atoms with E-state index in [9.17, 15) is 19.9 Å². The van der Waals surface area contributed by atoms with E-state index in [0.717, 1.165) is 11.6 Å². The Morgan fingerprint density at radius 1 is 1.20 bits per heavy atom. The number of aliphatic hydroxyl groups is 1. The molecule has 2 amide bonds. The molecule has 0 unspecified atom stereocenters. The van der Waals surface area contributed by atoms with Gasteiger partial charge in [-0.1, -0.05) is 58.0 Å². The smallest absolute Gasteiger partial charge is 0.279 e. The molecule has 0 atom stereocenters. The van der Waals surface area contributed by atoms with Gasteiger partial charge in [-0.25, -0.2) is 0 Å². The van der Waals surface area contributed by atoms with Crippen molar-refractivity contribution in [3.05, 3.63) is 58.9 Å². The third kappa shape index (κ3) is 8.76. The molecule has 3 N–H and O–H groups in total. The van der Waals surface area contributed by atoms with Crippen LogP contribution in [-0.2, 0) is 16.1 Å². The van der Waals surface area contributed by atoms with Gasteiger partial charge in [0.2, 0.25) is 5.91 Å². The normalized spacial score (nSPS) is 15.0. The fourth-order valence-corrected chi connectivity index (χ4v) is 2.17. The van der Waals surface area contributed by atoms with Crippen LogP contribution < -0.4 is 5.32 Å². The zero-order chi connectivity index (χ0) is 23.7. The van der Waals surface area contributed by atoms with Crippen molar-refractivity contribution in [3.8, 4) is 12.3 Å². The van der Waals surface area contributed by atoms with Gasteiger partial charge in [-0.2, -0.15) is 5.06 Å². The first-order chi connectivity index (χ1) is 14.4. The minimum atomic E-state index is -0.829. The van der Waals surface area contributed by atoms with Crippen LogP contribution in [-0.4, -0.2) is 40.1 Å². The lowest BCUT2D eigenvalue weighted by Gasteiger charge is -2.23. The van der Waals surface area contributed by atoms with Gasteiger partial charge in [0.15, 0.2) is 5.84 Å². The number of hydroxylamine groups is 2. The van der Waals surface area contributed by atoms with Crippen LogP contribution in [0.2, 0.25) is 0 Å². The predicted molar refractivity (Wildman–Crippen MR) is 121 cm³/mol. The van der Waals surface area contributed by atoms with Gasteiger partial charge in [0.25, 0.3) is 5.91 Å². The molecule has 1 aliphatic heterocycles. The standard InChI is InChI=1S/C16H17N3O4.C3H4.2C2H6/c1-10(16(22)18-9-11-6-4-3-5-7-11)14-12(20)8-13(21)19(23)15(14)17-2;1-3-2;2*1-2/h3-8,20,23H,9H2,1-2H3,(H,18,22);1H,2H3;2*1-2H3/b14-10+,17-15?;;;. The van der Waals surface area contributed by atoms with Crippen LogP contribution in [0.15, 0.2) is 58.3 Å². The molecule has 2 rings (SSSR count). The SMILES string of the molecule is C#CC.CC.CC.CN=C1/C(=C(\C)C(=O)NCc2ccccc2)C(O)=CC(=O)N1O. The lowest BCUT2D eigenvalue weighted by Crippen LogP contribution is -2.39. The Morgan fingerprint density at radius 3 is 2.17 bits per heavy atom. The van der Waals surface area contributed by atoms with E-state index in [4.69, 9.17) is 0 Å². The van der Waals surface area contributed by atoms with Gasteiger partial charge in [0.05, 0.1) is 5.57 Å². The molecule has 0 radical (unpaired) electrons. The number of nitrogens with zero attached hydrogens (tertiary/aromatic N) is 2. The fraction of sp³-hybridized carbons (Fsp3) is 0.348. The summed E-state index contributed by atoms with van der Waals surface area (Å²) >= 11 is 0. The monoisotopic (exact) mass is 415 g/mol. The minimum Gasteiger partial charge on any atom is -0.507 e. The number of hydrogen-bond donors (Lipinski definition) is 3. The predicted octanol–water partition coefficient (Wildman–Crippen LogP) is 4.01. The summed E-state index contributed by atoms with van der Waals surface area (Å²) < 4.78 is 0. The Labute approximate surface area is 179 Å². The number of aliphatic imine (C=N–C) groups is 1. The van der Waals surface area contributed by atoms with E-state index >= 15 is 0 Å². The number of carbonyl (C=O) groups excluding carboxylic acids is 2. The molecule has 0 aliphatic carbocycles. The van der Waals surface area contributed by atoms with Crippen LogP contribution in [0, 0.1) is 12.3 Å². The molecule has 0 fully saturated rings. The second-order valence-corrected chi connectivity index (χ2v) is 5.18. The Balaban J connectivity index is 0. The van der Waals surface area contributed by atoms with Crippen molar-refractivity contribution < 1.29 is 19.9 Å². The Hall–Kier alpha value is -3.37. The Morgan fingerprint density at radius 2 is 1.70 bits per heavy atom. The van der Waals surface area contributed by atoms with Crippen molar-refractivity contribution in [2.45, 2.75) is 48.1 Å². The lowest BCUT2D eigenvalue weighted by atomic mass is 10.0. The van der Waals surface area contributed by atoms with E-state index in [1.165, 1.54) is 14.0 Å². The molecule has 1 aromatic rings. The largest absolute Gasteiger partial charge is 0.507 e.